The van der Waals surface area contributed by atoms with E-state index in [0.29, 0.717) is 10.6 Å². The number of nitrogens with one attached hydrogen (secondary N) is 1. The number of halogens is 1. The summed E-state index contributed by atoms with van der Waals surface area (Å²) in [4.78, 5) is 11.7. The van der Waals surface area contributed by atoms with E-state index in [2.05, 4.69) is 17.5 Å². The lowest BCUT2D eigenvalue weighted by Gasteiger charge is -2.03. The van der Waals surface area contributed by atoms with E-state index in [-0.39, 0.29) is 17.4 Å². The molecule has 0 unspecified atom stereocenters. The molecule has 0 aromatic heterocycles. The van der Waals surface area contributed by atoms with Gasteiger partial charge in [0.25, 0.3) is 5.91 Å². The fourth-order valence-electron chi connectivity index (χ4n) is 0.899. The molecule has 14 heavy (non-hydrogen) atoms. The number of carbonyl (C=O) groups excluding carboxylic acids is 1. The quantitative estimate of drug-likeness (QED) is 0.768. The molecule has 0 saturated carbocycles. The van der Waals surface area contributed by atoms with Crippen LogP contribution >= 0.6 is 23.8 Å². The molecule has 5 heteroatoms. The summed E-state index contributed by atoms with van der Waals surface area (Å²) in [6.45, 7) is 0.195. The van der Waals surface area contributed by atoms with E-state index in [1.54, 1.807) is 24.3 Å². The van der Waals surface area contributed by atoms with Gasteiger partial charge in [0.05, 0.1) is 11.5 Å². The Morgan fingerprint density at radius 3 is 2.86 bits per heavy atom. The number of thiocarbonyl (C=S) groups is 1. The molecule has 0 radical (unpaired) electrons. The molecule has 0 spiro atoms. The van der Waals surface area contributed by atoms with Gasteiger partial charge in [-0.3, -0.25) is 4.79 Å². The zero-order chi connectivity index (χ0) is 10.6. The fraction of sp³-hybridized carbons (Fsp3) is 0.111. The van der Waals surface area contributed by atoms with Crippen molar-refractivity contribution in [1.29, 1.82) is 0 Å². The molecule has 1 aromatic rings. The Morgan fingerprint density at radius 2 is 2.29 bits per heavy atom. The van der Waals surface area contributed by atoms with Crippen molar-refractivity contribution in [2.24, 2.45) is 5.73 Å². The molecule has 3 N–H and O–H groups in total. The first-order valence-corrected chi connectivity index (χ1v) is 4.70. The maximum absolute atomic E-state index is 11.4. The van der Waals surface area contributed by atoms with Crippen LogP contribution in [0.1, 0.15) is 10.4 Å². The van der Waals surface area contributed by atoms with Crippen molar-refractivity contribution in [2.75, 3.05) is 6.54 Å². The normalized spacial score (nSPS) is 9.50. The fourth-order valence-corrected chi connectivity index (χ4v) is 1.16. The van der Waals surface area contributed by atoms with Crippen LogP contribution in [-0.4, -0.2) is 17.4 Å². The Balaban J connectivity index is 2.65. The van der Waals surface area contributed by atoms with E-state index in [9.17, 15) is 4.79 Å². The van der Waals surface area contributed by atoms with Gasteiger partial charge in [-0.05, 0) is 18.2 Å². The molecule has 74 valence electrons. The van der Waals surface area contributed by atoms with Crippen LogP contribution < -0.4 is 11.1 Å². The number of rotatable bonds is 3. The molecule has 0 atom stereocenters. The van der Waals surface area contributed by atoms with E-state index in [4.69, 9.17) is 17.3 Å². The average Bonchev–Trinajstić information content (AvgIpc) is 2.14. The minimum atomic E-state index is -0.236. The van der Waals surface area contributed by atoms with Crippen LogP contribution in [-0.2, 0) is 0 Å². The van der Waals surface area contributed by atoms with Crippen LogP contribution in [0.3, 0.4) is 0 Å². The van der Waals surface area contributed by atoms with Gasteiger partial charge in [-0.1, -0.05) is 29.9 Å². The van der Waals surface area contributed by atoms with Gasteiger partial charge in [-0.15, -0.1) is 0 Å². The van der Waals surface area contributed by atoms with Crippen molar-refractivity contribution in [3.05, 3.63) is 34.9 Å². The molecule has 1 aromatic carbocycles. The smallest absolute Gasteiger partial charge is 0.251 e. The first-order valence-electron chi connectivity index (χ1n) is 3.91. The lowest BCUT2D eigenvalue weighted by Crippen LogP contribution is -2.32. The minimum absolute atomic E-state index is 0.195. The van der Waals surface area contributed by atoms with Crippen LogP contribution in [0.15, 0.2) is 24.3 Å². The van der Waals surface area contributed by atoms with Crippen LogP contribution in [0.5, 0.6) is 0 Å². The molecule has 0 bridgehead atoms. The van der Waals surface area contributed by atoms with E-state index in [1.165, 1.54) is 0 Å². The van der Waals surface area contributed by atoms with Gasteiger partial charge < -0.3 is 11.1 Å². The number of benzene rings is 1. The molecule has 1 amide bonds. The maximum atomic E-state index is 11.4. The van der Waals surface area contributed by atoms with E-state index in [1.807, 2.05) is 0 Å². The standard InChI is InChI=1S/C9H9ClN2OS/c10-7-3-1-2-6(4-7)9(13)12-5-8(11)14/h1-4H,5H2,(H2,11,14)(H,12,13). The summed E-state index contributed by atoms with van der Waals surface area (Å²) in [6.07, 6.45) is 0. The summed E-state index contributed by atoms with van der Waals surface area (Å²) < 4.78 is 0. The van der Waals surface area contributed by atoms with Gasteiger partial charge in [0.15, 0.2) is 0 Å². The van der Waals surface area contributed by atoms with E-state index in [0.717, 1.165) is 0 Å². The molecule has 0 aliphatic rings. The predicted octanol–water partition coefficient (Wildman–Crippen LogP) is 1.36. The van der Waals surface area contributed by atoms with E-state index >= 15 is 0 Å². The molecule has 3 nitrogen and oxygen atoms in total. The highest BCUT2D eigenvalue weighted by atomic mass is 35.5. The lowest BCUT2D eigenvalue weighted by atomic mass is 10.2. The van der Waals surface area contributed by atoms with Gasteiger partial charge >= 0.3 is 0 Å². The van der Waals surface area contributed by atoms with E-state index < -0.39 is 0 Å². The number of amides is 1. The molecule has 0 fully saturated rings. The molecule has 1 rings (SSSR count). The van der Waals surface area contributed by atoms with Crippen LogP contribution in [0.2, 0.25) is 5.02 Å². The third-order valence-electron chi connectivity index (χ3n) is 1.51. The first kappa shape index (κ1) is 10.9. The predicted molar refractivity (Wildman–Crippen MR) is 60.6 cm³/mol. The molecule has 0 aliphatic carbocycles. The molecule has 0 saturated heterocycles. The lowest BCUT2D eigenvalue weighted by molar-refractivity contribution is 0.0959. The zero-order valence-corrected chi connectivity index (χ0v) is 8.86. The van der Waals surface area contributed by atoms with Gasteiger partial charge in [-0.2, -0.15) is 0 Å². The maximum Gasteiger partial charge on any atom is 0.251 e. The average molecular weight is 229 g/mol. The highest BCUT2D eigenvalue weighted by Crippen LogP contribution is 2.10. The van der Waals surface area contributed by atoms with Gasteiger partial charge in [0.1, 0.15) is 0 Å². The molecule has 0 aliphatic heterocycles. The van der Waals surface area contributed by atoms with Crippen LogP contribution in [0.4, 0.5) is 0 Å². The molecule has 0 heterocycles. The Kier molecular flexibility index (Phi) is 3.85. The van der Waals surface area contributed by atoms with Crippen molar-refractivity contribution in [3.63, 3.8) is 0 Å². The summed E-state index contributed by atoms with van der Waals surface area (Å²) in [7, 11) is 0. The molecular formula is C9H9ClN2OS. The monoisotopic (exact) mass is 228 g/mol. The molecular weight excluding hydrogens is 220 g/mol. The van der Waals surface area contributed by atoms with Crippen molar-refractivity contribution in [3.8, 4) is 0 Å². The Bertz CT molecular complexity index is 368. The van der Waals surface area contributed by atoms with Crippen LogP contribution in [0.25, 0.3) is 0 Å². The third-order valence-corrected chi connectivity index (χ3v) is 1.89. The summed E-state index contributed by atoms with van der Waals surface area (Å²) in [6, 6.07) is 6.65. The second-order valence-corrected chi connectivity index (χ2v) is 3.62. The summed E-state index contributed by atoms with van der Waals surface area (Å²) in [5.74, 6) is -0.236. The topological polar surface area (TPSA) is 55.1 Å². The van der Waals surface area contributed by atoms with Crippen LogP contribution in [0, 0.1) is 0 Å². The highest BCUT2D eigenvalue weighted by molar-refractivity contribution is 7.80. The number of carbonyl (C=O) groups is 1. The SMILES string of the molecule is NC(=S)CNC(=O)c1cccc(Cl)c1. The first-order chi connectivity index (χ1) is 6.59. The summed E-state index contributed by atoms with van der Waals surface area (Å²) >= 11 is 10.3. The minimum Gasteiger partial charge on any atom is -0.392 e. The third kappa shape index (κ3) is 3.32. The van der Waals surface area contributed by atoms with Crippen molar-refractivity contribution < 1.29 is 4.79 Å². The Hall–Kier alpha value is -1.13. The zero-order valence-electron chi connectivity index (χ0n) is 7.29. The summed E-state index contributed by atoms with van der Waals surface area (Å²) in [5.41, 5.74) is 5.73. The van der Waals surface area contributed by atoms with Crippen molar-refractivity contribution in [2.45, 2.75) is 0 Å². The number of hydrogen-bond donors (Lipinski definition) is 2. The summed E-state index contributed by atoms with van der Waals surface area (Å²) in [5, 5.41) is 3.08. The van der Waals surface area contributed by atoms with Crippen molar-refractivity contribution >= 4 is 34.7 Å². The van der Waals surface area contributed by atoms with Gasteiger partial charge in [0, 0.05) is 10.6 Å². The van der Waals surface area contributed by atoms with Gasteiger partial charge in [-0.25, -0.2) is 0 Å². The van der Waals surface area contributed by atoms with Gasteiger partial charge in [0.2, 0.25) is 0 Å². The van der Waals surface area contributed by atoms with Crippen molar-refractivity contribution in [1.82, 2.24) is 5.32 Å². The Labute approximate surface area is 92.2 Å². The number of hydrogen-bond acceptors (Lipinski definition) is 2. The number of nitrogens with two attached hydrogens (primary N) is 1. The largest absolute Gasteiger partial charge is 0.392 e. The Morgan fingerprint density at radius 1 is 1.57 bits per heavy atom. The second kappa shape index (κ2) is 4.93. The second-order valence-electron chi connectivity index (χ2n) is 2.66. The highest BCUT2D eigenvalue weighted by Gasteiger charge is 2.04.